The molecule has 0 fully saturated rings. The molecule has 0 bridgehead atoms. The first kappa shape index (κ1) is 40.1. The number of anilines is 5. The highest BCUT2D eigenvalue weighted by molar-refractivity contribution is 6.95. The summed E-state index contributed by atoms with van der Waals surface area (Å²) in [5, 5.41) is 2.31. The van der Waals surface area contributed by atoms with Crippen molar-refractivity contribution < 1.29 is 4.42 Å². The van der Waals surface area contributed by atoms with E-state index in [0.29, 0.717) is 0 Å². The van der Waals surface area contributed by atoms with Crippen molar-refractivity contribution in [2.45, 2.75) is 105 Å². The van der Waals surface area contributed by atoms with E-state index in [2.05, 4.69) is 232 Å². The average molecular weight is 811 g/mol. The van der Waals surface area contributed by atoms with Crippen LogP contribution in [0.4, 0.5) is 28.4 Å². The average Bonchev–Trinajstić information content (AvgIpc) is 3.61. The fourth-order valence-corrected chi connectivity index (χ4v) is 9.89. The van der Waals surface area contributed by atoms with Crippen LogP contribution in [0.15, 0.2) is 144 Å². The molecule has 0 spiro atoms. The molecule has 8 aromatic rings. The van der Waals surface area contributed by atoms with Gasteiger partial charge in [0.25, 0.3) is 0 Å². The first-order chi connectivity index (χ1) is 29.3. The summed E-state index contributed by atoms with van der Waals surface area (Å²) in [6, 6.07) is 53.0. The van der Waals surface area contributed by atoms with Crippen LogP contribution in [-0.4, -0.2) is 6.85 Å². The van der Waals surface area contributed by atoms with Crippen LogP contribution < -0.4 is 20.6 Å². The van der Waals surface area contributed by atoms with Crippen LogP contribution in [0.1, 0.15) is 105 Å². The Balaban J connectivity index is 1.40. The van der Waals surface area contributed by atoms with Crippen molar-refractivity contribution in [2.24, 2.45) is 0 Å². The van der Waals surface area contributed by atoms with E-state index in [4.69, 9.17) is 4.42 Å². The molecule has 0 N–H and O–H groups in total. The van der Waals surface area contributed by atoms with E-state index in [0.717, 1.165) is 16.6 Å². The van der Waals surface area contributed by atoms with Gasteiger partial charge in [0, 0.05) is 44.6 Å². The molecule has 62 heavy (non-hydrogen) atoms. The maximum Gasteiger partial charge on any atom is 0.333 e. The van der Waals surface area contributed by atoms with Gasteiger partial charge in [0.05, 0.1) is 5.69 Å². The van der Waals surface area contributed by atoms with Gasteiger partial charge in [-0.1, -0.05) is 162 Å². The molecule has 0 aliphatic carbocycles. The number of nitrogens with zero attached hydrogens (tertiary/aromatic N) is 2. The molecule has 0 saturated heterocycles. The second kappa shape index (κ2) is 13.8. The van der Waals surface area contributed by atoms with E-state index in [1.807, 2.05) is 0 Å². The zero-order valence-electron chi connectivity index (χ0n) is 38.7. The van der Waals surface area contributed by atoms with E-state index in [1.54, 1.807) is 0 Å². The Labute approximate surface area is 369 Å². The highest BCUT2D eigenvalue weighted by atomic mass is 16.3. The molecule has 0 amide bonds. The van der Waals surface area contributed by atoms with Gasteiger partial charge in [-0.3, -0.25) is 0 Å². The molecule has 4 heteroatoms. The lowest BCUT2D eigenvalue weighted by Gasteiger charge is -2.47. The molecule has 0 unspecified atom stereocenters. The predicted molar refractivity (Wildman–Crippen MR) is 268 cm³/mol. The maximum absolute atomic E-state index is 6.78. The van der Waals surface area contributed by atoms with Gasteiger partial charge in [-0.05, 0) is 127 Å². The Morgan fingerprint density at radius 1 is 0.403 bits per heavy atom. The van der Waals surface area contributed by atoms with Crippen molar-refractivity contribution in [3.63, 3.8) is 0 Å². The highest BCUT2D eigenvalue weighted by Crippen LogP contribution is 2.52. The Bertz CT molecular complexity index is 3050. The number of fused-ring (bicyclic) bond motifs is 8. The molecule has 0 atom stereocenters. The standard InChI is InChI=1S/C58H59BN2O/c1-55(2,3)37-22-26-41(27-23-37)61-47-29-25-39(57(7,8)9)33-44(47)45-34-40(58(10,11)12)35-49-53(45)59(61)54-48(30-31-51-52(54)42-20-16-17-21-50(42)62-51)60(49)46-28-24-38(56(4,5)6)32-43(46)36-18-14-13-15-19-36/h13-35H,1-12H3. The minimum atomic E-state index is -0.160. The van der Waals surface area contributed by atoms with Gasteiger partial charge >= 0.3 is 6.85 Å². The third kappa shape index (κ3) is 6.40. The van der Waals surface area contributed by atoms with Crippen molar-refractivity contribution in [3.8, 4) is 22.3 Å². The lowest BCUT2D eigenvalue weighted by molar-refractivity contribution is 0.589. The zero-order chi connectivity index (χ0) is 43.7. The number of benzene rings is 7. The number of hydrogen-bond acceptors (Lipinski definition) is 3. The first-order valence-corrected chi connectivity index (χ1v) is 22.5. The molecular weight excluding hydrogens is 751 g/mol. The molecule has 1 aromatic heterocycles. The third-order valence-electron chi connectivity index (χ3n) is 13.5. The van der Waals surface area contributed by atoms with Gasteiger partial charge in [0.2, 0.25) is 0 Å². The molecule has 7 aromatic carbocycles. The molecular formula is C58H59BN2O. The van der Waals surface area contributed by atoms with Crippen LogP contribution in [0.2, 0.25) is 0 Å². The molecule has 310 valence electrons. The van der Waals surface area contributed by atoms with E-state index in [1.165, 1.54) is 89.3 Å². The molecule has 2 aliphatic heterocycles. The Morgan fingerprint density at radius 3 is 1.60 bits per heavy atom. The predicted octanol–water partition coefficient (Wildman–Crippen LogP) is 15.2. The fourth-order valence-electron chi connectivity index (χ4n) is 9.89. The Kier molecular flexibility index (Phi) is 8.89. The van der Waals surface area contributed by atoms with E-state index in [9.17, 15) is 0 Å². The van der Waals surface area contributed by atoms with Crippen LogP contribution in [0, 0.1) is 0 Å². The van der Waals surface area contributed by atoms with Crippen LogP contribution in [0.5, 0.6) is 0 Å². The van der Waals surface area contributed by atoms with E-state index >= 15 is 0 Å². The minimum absolute atomic E-state index is 0.0296. The van der Waals surface area contributed by atoms with Crippen LogP contribution in [0.3, 0.4) is 0 Å². The summed E-state index contributed by atoms with van der Waals surface area (Å²) in [5.74, 6) is 0. The smallest absolute Gasteiger partial charge is 0.333 e. The molecule has 0 radical (unpaired) electrons. The number of rotatable bonds is 3. The Morgan fingerprint density at radius 2 is 0.952 bits per heavy atom. The van der Waals surface area contributed by atoms with Crippen LogP contribution in [0.25, 0.3) is 44.2 Å². The monoisotopic (exact) mass is 810 g/mol. The SMILES string of the molecule is CC(C)(C)c1ccc(N2B3c4c(cc(C(C)(C)C)cc4N(c4ccc(C(C)(C)C)cc4-c4ccccc4)c4ccc5oc6ccccc6c5c43)-c3cc(C(C)(C)C)ccc32)cc1. The van der Waals surface area contributed by atoms with Gasteiger partial charge in [-0.25, -0.2) is 0 Å². The summed E-state index contributed by atoms with van der Waals surface area (Å²) < 4.78 is 6.78. The number of hydrogen-bond donors (Lipinski definition) is 0. The normalized spacial score (nSPS) is 14.0. The van der Waals surface area contributed by atoms with Gasteiger partial charge in [0.1, 0.15) is 11.2 Å². The third-order valence-corrected chi connectivity index (χ3v) is 13.5. The second-order valence-electron chi connectivity index (χ2n) is 21.9. The van der Waals surface area contributed by atoms with E-state index < -0.39 is 0 Å². The summed E-state index contributed by atoms with van der Waals surface area (Å²) in [5.41, 5.74) is 20.5. The first-order valence-electron chi connectivity index (χ1n) is 22.5. The van der Waals surface area contributed by atoms with Gasteiger partial charge in [0.15, 0.2) is 0 Å². The van der Waals surface area contributed by atoms with Crippen LogP contribution in [-0.2, 0) is 21.7 Å². The maximum atomic E-state index is 6.78. The van der Waals surface area contributed by atoms with Crippen molar-refractivity contribution in [3.05, 3.63) is 162 Å². The summed E-state index contributed by atoms with van der Waals surface area (Å²) in [4.78, 5) is 5.25. The van der Waals surface area contributed by atoms with Crippen molar-refractivity contribution in [2.75, 3.05) is 9.71 Å². The lowest BCUT2D eigenvalue weighted by Crippen LogP contribution is -2.62. The second-order valence-corrected chi connectivity index (χ2v) is 21.9. The number of para-hydroxylation sites is 1. The molecule has 10 rings (SSSR count). The molecule has 3 heterocycles. The van der Waals surface area contributed by atoms with E-state index in [-0.39, 0.29) is 28.5 Å². The summed E-state index contributed by atoms with van der Waals surface area (Å²) >= 11 is 0. The van der Waals surface area contributed by atoms with Gasteiger partial charge in [-0.2, -0.15) is 0 Å². The Hall–Kier alpha value is -6.00. The van der Waals surface area contributed by atoms with Gasteiger partial charge < -0.3 is 14.1 Å². The molecule has 3 nitrogen and oxygen atoms in total. The summed E-state index contributed by atoms with van der Waals surface area (Å²) in [6.07, 6.45) is 0. The fraction of sp³-hybridized carbons (Fsp3) is 0.276. The van der Waals surface area contributed by atoms with Crippen molar-refractivity contribution in [1.82, 2.24) is 0 Å². The zero-order valence-corrected chi connectivity index (χ0v) is 38.7. The lowest BCUT2D eigenvalue weighted by atomic mass is 9.42. The minimum Gasteiger partial charge on any atom is -0.456 e. The van der Waals surface area contributed by atoms with Crippen molar-refractivity contribution >= 4 is 68.1 Å². The molecule has 2 aliphatic rings. The quantitative estimate of drug-likeness (QED) is 0.166. The summed E-state index contributed by atoms with van der Waals surface area (Å²) in [7, 11) is 0. The number of furan rings is 1. The highest BCUT2D eigenvalue weighted by Gasteiger charge is 2.47. The van der Waals surface area contributed by atoms with Crippen molar-refractivity contribution in [1.29, 1.82) is 0 Å². The topological polar surface area (TPSA) is 19.6 Å². The largest absolute Gasteiger partial charge is 0.456 e. The molecule has 0 saturated carbocycles. The summed E-state index contributed by atoms with van der Waals surface area (Å²) in [6.45, 7) is 27.7. The van der Waals surface area contributed by atoms with Gasteiger partial charge in [-0.15, -0.1) is 0 Å². The van der Waals surface area contributed by atoms with Crippen LogP contribution >= 0.6 is 0 Å².